The lowest BCUT2D eigenvalue weighted by atomic mass is 9.71. The summed E-state index contributed by atoms with van der Waals surface area (Å²) in [7, 11) is 1.62. The van der Waals surface area contributed by atoms with Crippen molar-refractivity contribution >= 4 is 11.8 Å². The molecule has 1 heterocycles. The SMILES string of the molecule is CCCOC(=O)C1=C(C)NC2=C(C(=O)CC(c3ccccc3OC)C2)C1c1ccc(F)cc1. The molecule has 2 atom stereocenters. The van der Waals surface area contributed by atoms with Crippen molar-refractivity contribution in [3.05, 3.63) is 88.0 Å². The molecular weight excluding hydrogens is 421 g/mol. The molecule has 2 unspecified atom stereocenters. The summed E-state index contributed by atoms with van der Waals surface area (Å²) in [5.41, 5.74) is 4.07. The lowest BCUT2D eigenvalue weighted by Gasteiger charge is -2.37. The zero-order valence-corrected chi connectivity index (χ0v) is 19.1. The van der Waals surface area contributed by atoms with Gasteiger partial charge in [-0.1, -0.05) is 37.3 Å². The fraction of sp³-hybridized carbons (Fsp3) is 0.333. The van der Waals surface area contributed by atoms with Gasteiger partial charge in [0.1, 0.15) is 11.6 Å². The van der Waals surface area contributed by atoms with Crippen LogP contribution in [0.2, 0.25) is 0 Å². The second kappa shape index (κ2) is 9.61. The van der Waals surface area contributed by atoms with E-state index < -0.39 is 11.9 Å². The highest BCUT2D eigenvalue weighted by atomic mass is 19.1. The van der Waals surface area contributed by atoms with Crippen molar-refractivity contribution in [1.29, 1.82) is 0 Å². The van der Waals surface area contributed by atoms with E-state index in [4.69, 9.17) is 9.47 Å². The Bertz CT molecular complexity index is 1130. The van der Waals surface area contributed by atoms with Crippen molar-refractivity contribution in [3.63, 3.8) is 0 Å². The standard InChI is InChI=1S/C27H28FNO4/c1-4-13-33-27(31)24-16(2)29-21-14-18(20-7-5-6-8-23(20)32-3)15-22(30)26(21)25(24)17-9-11-19(28)12-10-17/h5-12,18,25,29H,4,13-15H2,1-3H3. The molecule has 2 aromatic rings. The number of esters is 1. The molecule has 2 aromatic carbocycles. The van der Waals surface area contributed by atoms with Crippen LogP contribution >= 0.6 is 0 Å². The van der Waals surface area contributed by atoms with Gasteiger partial charge in [-0.25, -0.2) is 9.18 Å². The number of allylic oxidation sites excluding steroid dienone is 3. The highest BCUT2D eigenvalue weighted by Gasteiger charge is 2.41. The van der Waals surface area contributed by atoms with E-state index in [1.807, 2.05) is 38.1 Å². The van der Waals surface area contributed by atoms with Crippen LogP contribution in [0.3, 0.4) is 0 Å². The molecule has 0 aromatic heterocycles. The van der Waals surface area contributed by atoms with Gasteiger partial charge >= 0.3 is 5.97 Å². The van der Waals surface area contributed by atoms with Crippen LogP contribution in [0.5, 0.6) is 5.75 Å². The second-order valence-electron chi connectivity index (χ2n) is 8.45. The summed E-state index contributed by atoms with van der Waals surface area (Å²) in [5.74, 6) is -0.762. The van der Waals surface area contributed by atoms with E-state index in [0.29, 0.717) is 48.3 Å². The fourth-order valence-corrected chi connectivity index (χ4v) is 4.79. The number of hydrogen-bond donors (Lipinski definition) is 1. The number of dihydropyridines is 1. The van der Waals surface area contributed by atoms with Crippen molar-refractivity contribution < 1.29 is 23.5 Å². The Labute approximate surface area is 193 Å². The maximum atomic E-state index is 13.7. The molecule has 5 nitrogen and oxygen atoms in total. The Morgan fingerprint density at radius 2 is 1.85 bits per heavy atom. The van der Waals surface area contributed by atoms with Gasteiger partial charge in [0.2, 0.25) is 0 Å². The molecule has 0 bridgehead atoms. The Morgan fingerprint density at radius 1 is 1.12 bits per heavy atom. The first-order chi connectivity index (χ1) is 15.9. The lowest BCUT2D eigenvalue weighted by Crippen LogP contribution is -2.36. The number of nitrogens with one attached hydrogen (secondary N) is 1. The molecule has 33 heavy (non-hydrogen) atoms. The molecule has 0 saturated heterocycles. The van der Waals surface area contributed by atoms with Crippen LogP contribution < -0.4 is 10.1 Å². The first kappa shape index (κ1) is 22.8. The molecule has 1 aliphatic heterocycles. The van der Waals surface area contributed by atoms with Gasteiger partial charge in [0.15, 0.2) is 5.78 Å². The lowest BCUT2D eigenvalue weighted by molar-refractivity contribution is -0.139. The summed E-state index contributed by atoms with van der Waals surface area (Å²) in [5, 5.41) is 3.33. The third-order valence-corrected chi connectivity index (χ3v) is 6.27. The fourth-order valence-electron chi connectivity index (χ4n) is 4.79. The number of methoxy groups -OCH3 is 1. The van der Waals surface area contributed by atoms with Crippen LogP contribution in [0.1, 0.15) is 56.1 Å². The predicted molar refractivity (Wildman–Crippen MR) is 123 cm³/mol. The maximum absolute atomic E-state index is 13.7. The summed E-state index contributed by atoms with van der Waals surface area (Å²) in [6.07, 6.45) is 1.60. The number of hydrogen-bond acceptors (Lipinski definition) is 5. The van der Waals surface area contributed by atoms with Crippen LogP contribution in [-0.2, 0) is 14.3 Å². The Balaban J connectivity index is 1.78. The molecule has 0 fully saturated rings. The van der Waals surface area contributed by atoms with Crippen LogP contribution in [-0.4, -0.2) is 25.5 Å². The third-order valence-electron chi connectivity index (χ3n) is 6.27. The smallest absolute Gasteiger partial charge is 0.336 e. The number of ketones is 1. The van der Waals surface area contributed by atoms with Crippen molar-refractivity contribution in [1.82, 2.24) is 5.32 Å². The number of ether oxygens (including phenoxy) is 2. The molecular formula is C27H28FNO4. The summed E-state index contributed by atoms with van der Waals surface area (Å²) < 4.78 is 24.6. The normalized spacial score (nSPS) is 20.3. The number of carbonyl (C=O) groups excluding carboxylic acids is 2. The molecule has 0 saturated carbocycles. The molecule has 172 valence electrons. The van der Waals surface area contributed by atoms with E-state index in [1.165, 1.54) is 12.1 Å². The van der Waals surface area contributed by atoms with Crippen LogP contribution in [0.15, 0.2) is 71.1 Å². The van der Waals surface area contributed by atoms with E-state index in [0.717, 1.165) is 17.0 Å². The largest absolute Gasteiger partial charge is 0.496 e. The number of halogens is 1. The third kappa shape index (κ3) is 4.42. The number of benzene rings is 2. The molecule has 4 rings (SSSR count). The van der Waals surface area contributed by atoms with E-state index in [9.17, 15) is 14.0 Å². The average molecular weight is 450 g/mol. The first-order valence-corrected chi connectivity index (χ1v) is 11.2. The number of carbonyl (C=O) groups is 2. The van der Waals surface area contributed by atoms with E-state index in [1.54, 1.807) is 19.2 Å². The molecule has 1 N–H and O–H groups in total. The van der Waals surface area contributed by atoms with Gasteiger partial charge in [-0.05, 0) is 49.1 Å². The molecule has 0 radical (unpaired) electrons. The van der Waals surface area contributed by atoms with Gasteiger partial charge in [0, 0.05) is 35.2 Å². The van der Waals surface area contributed by atoms with Gasteiger partial charge in [-0.15, -0.1) is 0 Å². The average Bonchev–Trinajstić information content (AvgIpc) is 2.82. The summed E-state index contributed by atoms with van der Waals surface area (Å²) in [6, 6.07) is 13.7. The second-order valence-corrected chi connectivity index (χ2v) is 8.45. The first-order valence-electron chi connectivity index (χ1n) is 11.2. The van der Waals surface area contributed by atoms with Crippen LogP contribution in [0.25, 0.3) is 0 Å². The van der Waals surface area contributed by atoms with Gasteiger partial charge in [0.25, 0.3) is 0 Å². The van der Waals surface area contributed by atoms with Gasteiger partial charge in [-0.3, -0.25) is 4.79 Å². The minimum absolute atomic E-state index is 0.0396. The van der Waals surface area contributed by atoms with E-state index >= 15 is 0 Å². The summed E-state index contributed by atoms with van der Waals surface area (Å²) in [6.45, 7) is 4.04. The maximum Gasteiger partial charge on any atom is 0.336 e. The van der Waals surface area contributed by atoms with Crippen molar-refractivity contribution in [2.75, 3.05) is 13.7 Å². The van der Waals surface area contributed by atoms with Crippen LogP contribution in [0, 0.1) is 5.82 Å². The van der Waals surface area contributed by atoms with Crippen molar-refractivity contribution in [2.45, 2.75) is 44.9 Å². The number of Topliss-reactive ketones (excluding diaryl/α,β-unsaturated/α-hetero) is 1. The molecule has 6 heteroatoms. The Kier molecular flexibility index (Phi) is 6.63. The minimum atomic E-state index is -0.600. The van der Waals surface area contributed by atoms with Gasteiger partial charge < -0.3 is 14.8 Å². The minimum Gasteiger partial charge on any atom is -0.496 e. The van der Waals surface area contributed by atoms with Gasteiger partial charge in [-0.2, -0.15) is 0 Å². The molecule has 1 aliphatic carbocycles. The summed E-state index contributed by atoms with van der Waals surface area (Å²) in [4.78, 5) is 26.6. The predicted octanol–water partition coefficient (Wildman–Crippen LogP) is 5.15. The van der Waals surface area contributed by atoms with Crippen LogP contribution in [0.4, 0.5) is 4.39 Å². The highest BCUT2D eigenvalue weighted by Crippen LogP contribution is 2.46. The van der Waals surface area contributed by atoms with E-state index in [-0.39, 0.29) is 17.5 Å². The van der Waals surface area contributed by atoms with Crippen molar-refractivity contribution in [2.24, 2.45) is 0 Å². The summed E-state index contributed by atoms with van der Waals surface area (Å²) >= 11 is 0. The molecule has 0 amide bonds. The highest BCUT2D eigenvalue weighted by molar-refractivity contribution is 6.04. The quantitative estimate of drug-likeness (QED) is 0.618. The monoisotopic (exact) mass is 449 g/mol. The Hall–Kier alpha value is -3.41. The van der Waals surface area contributed by atoms with Gasteiger partial charge in [0.05, 0.1) is 19.3 Å². The molecule has 0 spiro atoms. The number of para-hydroxylation sites is 1. The molecule has 2 aliphatic rings. The zero-order valence-electron chi connectivity index (χ0n) is 19.1. The Morgan fingerprint density at radius 3 is 2.55 bits per heavy atom. The van der Waals surface area contributed by atoms with Crippen molar-refractivity contribution in [3.8, 4) is 5.75 Å². The topological polar surface area (TPSA) is 64.6 Å². The van der Waals surface area contributed by atoms with E-state index in [2.05, 4.69) is 5.32 Å². The number of rotatable bonds is 6. The zero-order chi connectivity index (χ0) is 23.5.